The van der Waals surface area contributed by atoms with E-state index in [4.69, 9.17) is 4.74 Å². The maximum absolute atomic E-state index is 11.9. The Kier molecular flexibility index (Phi) is 12.1. The molecular weight excluding hydrogens is 845 g/mol. The van der Waals surface area contributed by atoms with Gasteiger partial charge in [0.1, 0.15) is 33.8 Å². The molecule has 302 valence electrons. The Morgan fingerprint density at radius 1 is 0.603 bits per heavy atom. The van der Waals surface area contributed by atoms with Crippen LogP contribution in [0.2, 0.25) is 0 Å². The minimum atomic E-state index is -4.91. The third kappa shape index (κ3) is 10.0. The number of nitrogens with one attached hydrogen (secondary N) is 2. The average Bonchev–Trinajstić information content (AvgIpc) is 3.13. The molecular formula is C33H28N8O13S4. The quantitative estimate of drug-likeness (QED) is 0.0518. The summed E-state index contributed by atoms with van der Waals surface area (Å²) in [6, 6.07) is 16.7. The van der Waals surface area contributed by atoms with E-state index >= 15 is 0 Å². The van der Waals surface area contributed by atoms with E-state index in [1.54, 1.807) is 6.92 Å². The zero-order valence-corrected chi connectivity index (χ0v) is 33.1. The molecule has 0 aliphatic rings. The molecule has 0 spiro atoms. The van der Waals surface area contributed by atoms with Crippen molar-refractivity contribution in [1.29, 1.82) is 5.26 Å². The maximum atomic E-state index is 11.9. The first-order chi connectivity index (χ1) is 27.0. The van der Waals surface area contributed by atoms with E-state index in [-0.39, 0.29) is 61.8 Å². The highest BCUT2D eigenvalue weighted by Gasteiger charge is 2.22. The number of anilines is 4. The van der Waals surface area contributed by atoms with Crippen molar-refractivity contribution in [3.8, 4) is 11.8 Å². The lowest BCUT2D eigenvalue weighted by atomic mass is 10.1. The topological polar surface area (TPSA) is 337 Å². The molecule has 5 rings (SSSR count). The number of pyridine rings is 1. The van der Waals surface area contributed by atoms with E-state index in [0.717, 1.165) is 36.4 Å². The zero-order chi connectivity index (χ0) is 42.8. The van der Waals surface area contributed by atoms with Gasteiger partial charge in [0.05, 0.1) is 33.0 Å². The summed E-state index contributed by atoms with van der Waals surface area (Å²) in [6.07, 6.45) is 0. The summed E-state index contributed by atoms with van der Waals surface area (Å²) in [6.45, 7) is 3.08. The first-order valence-corrected chi connectivity index (χ1v) is 21.5. The maximum Gasteiger partial charge on any atom is 0.296 e. The molecule has 6 N–H and O–H groups in total. The highest BCUT2D eigenvalue weighted by molar-refractivity contribution is 7.86. The molecule has 0 atom stereocenters. The normalized spacial score (nSPS) is 12.4. The second-order valence-electron chi connectivity index (χ2n) is 11.8. The van der Waals surface area contributed by atoms with Crippen molar-refractivity contribution >= 4 is 86.2 Å². The van der Waals surface area contributed by atoms with Gasteiger partial charge in [0, 0.05) is 23.0 Å². The molecule has 0 aliphatic carbocycles. The summed E-state index contributed by atoms with van der Waals surface area (Å²) in [7, 11) is -17.4. The van der Waals surface area contributed by atoms with Crippen molar-refractivity contribution in [2.75, 3.05) is 17.7 Å². The molecule has 0 unspecified atom stereocenters. The molecule has 0 fully saturated rings. The molecule has 0 saturated carbocycles. The molecule has 58 heavy (non-hydrogen) atoms. The van der Waals surface area contributed by atoms with Crippen LogP contribution in [-0.4, -0.2) is 64.0 Å². The Morgan fingerprint density at radius 2 is 1.09 bits per heavy atom. The first kappa shape index (κ1) is 42.9. The molecule has 0 amide bonds. The van der Waals surface area contributed by atoms with Crippen LogP contribution in [0.1, 0.15) is 16.7 Å². The standard InChI is InChI=1S/C33H28N8O13S4/c1-18-14-27(29(54-3)16-26(18)38-40-28-15-24(57(48,49)50)12-13-30(28)58(51,52)53)39-41-31-19(2)25(17-34)32(35-20-4-8-22(9-5-20)55(42,43)44)37-33(31)36-21-6-10-23(11-7-21)56(45,46)47/h4-16H,1-3H3,(H2,35,36,37)(H,42,43,44)(H,45,46,47)(H,48,49,50)(H,51,52,53). The van der Waals surface area contributed by atoms with Crippen LogP contribution < -0.4 is 15.4 Å². The number of nitrogens with zero attached hydrogens (tertiary/aromatic N) is 6. The van der Waals surface area contributed by atoms with Crippen LogP contribution in [0.3, 0.4) is 0 Å². The first-order valence-electron chi connectivity index (χ1n) is 15.7. The van der Waals surface area contributed by atoms with Gasteiger partial charge in [-0.2, -0.15) is 44.0 Å². The monoisotopic (exact) mass is 872 g/mol. The molecule has 25 heteroatoms. The number of ether oxygens (including phenoxy) is 1. The number of aryl methyl sites for hydroxylation is 1. The Balaban J connectivity index is 1.59. The van der Waals surface area contributed by atoms with Gasteiger partial charge in [0.15, 0.2) is 11.6 Å². The number of hydrogen-bond donors (Lipinski definition) is 6. The third-order valence-corrected chi connectivity index (χ3v) is 11.4. The van der Waals surface area contributed by atoms with Gasteiger partial charge in [-0.15, -0.1) is 15.3 Å². The lowest BCUT2D eigenvalue weighted by molar-refractivity contribution is 0.416. The van der Waals surface area contributed by atoms with Crippen LogP contribution in [0.25, 0.3) is 0 Å². The van der Waals surface area contributed by atoms with Crippen LogP contribution in [0.5, 0.6) is 5.75 Å². The zero-order valence-electron chi connectivity index (χ0n) is 29.8. The van der Waals surface area contributed by atoms with E-state index in [9.17, 15) is 57.1 Å². The van der Waals surface area contributed by atoms with Crippen LogP contribution in [-0.2, 0) is 40.5 Å². The van der Waals surface area contributed by atoms with Crippen molar-refractivity contribution in [1.82, 2.24) is 4.98 Å². The van der Waals surface area contributed by atoms with Crippen LogP contribution in [0, 0.1) is 25.2 Å². The van der Waals surface area contributed by atoms with Crippen molar-refractivity contribution < 1.29 is 56.6 Å². The van der Waals surface area contributed by atoms with Crippen LogP contribution in [0.15, 0.2) is 119 Å². The second-order valence-corrected chi connectivity index (χ2v) is 17.5. The third-order valence-electron chi connectivity index (χ3n) is 7.88. The summed E-state index contributed by atoms with van der Waals surface area (Å²) in [5.41, 5.74) is 0.613. The minimum absolute atomic E-state index is 0.00241. The minimum Gasteiger partial charge on any atom is -0.494 e. The van der Waals surface area contributed by atoms with E-state index in [1.807, 2.05) is 6.07 Å². The highest BCUT2D eigenvalue weighted by atomic mass is 32.2. The summed E-state index contributed by atoms with van der Waals surface area (Å²) in [4.78, 5) is 2.23. The molecule has 21 nitrogen and oxygen atoms in total. The molecule has 0 bridgehead atoms. The van der Waals surface area contributed by atoms with Crippen molar-refractivity contribution in [2.24, 2.45) is 20.5 Å². The predicted octanol–water partition coefficient (Wildman–Crippen LogP) is 6.88. The van der Waals surface area contributed by atoms with Crippen LogP contribution in [0.4, 0.5) is 45.8 Å². The summed E-state index contributed by atoms with van der Waals surface area (Å²) < 4.78 is 137. The van der Waals surface area contributed by atoms with E-state index < -0.39 is 60.8 Å². The van der Waals surface area contributed by atoms with Gasteiger partial charge in [-0.1, -0.05) is 0 Å². The van der Waals surface area contributed by atoms with E-state index in [0.29, 0.717) is 11.6 Å². The molecule has 4 aromatic carbocycles. The lowest BCUT2D eigenvalue weighted by Gasteiger charge is -2.16. The highest BCUT2D eigenvalue weighted by Crippen LogP contribution is 2.41. The number of benzene rings is 4. The largest absolute Gasteiger partial charge is 0.494 e. The fraction of sp³-hybridized carbons (Fsp3) is 0.0909. The second kappa shape index (κ2) is 16.3. The van der Waals surface area contributed by atoms with Gasteiger partial charge in [-0.25, -0.2) is 4.98 Å². The number of aromatic nitrogens is 1. The molecule has 0 saturated heterocycles. The summed E-state index contributed by atoms with van der Waals surface area (Å²) in [5.74, 6) is -0.0177. The number of nitriles is 1. The van der Waals surface area contributed by atoms with Gasteiger partial charge >= 0.3 is 0 Å². The average molecular weight is 873 g/mol. The Labute approximate surface area is 330 Å². The summed E-state index contributed by atoms with van der Waals surface area (Å²) in [5, 5.41) is 32.5. The number of rotatable bonds is 13. The number of hydrogen-bond acceptors (Lipinski definition) is 17. The summed E-state index contributed by atoms with van der Waals surface area (Å²) >= 11 is 0. The van der Waals surface area contributed by atoms with Gasteiger partial charge in [-0.3, -0.25) is 18.2 Å². The van der Waals surface area contributed by atoms with Gasteiger partial charge in [0.25, 0.3) is 40.5 Å². The molecule has 0 radical (unpaired) electrons. The van der Waals surface area contributed by atoms with Crippen molar-refractivity contribution in [3.05, 3.63) is 95.6 Å². The predicted molar refractivity (Wildman–Crippen MR) is 205 cm³/mol. The van der Waals surface area contributed by atoms with Crippen LogP contribution >= 0.6 is 0 Å². The molecule has 1 heterocycles. The SMILES string of the molecule is COc1cc(N=Nc2cc(S(=O)(=O)O)ccc2S(=O)(=O)O)c(C)cc1N=Nc1c(Nc2ccc(S(=O)(=O)O)cc2)nc(Nc2ccc(S(=O)(=O)O)cc2)c(C#N)c1C. The number of azo groups is 2. The lowest BCUT2D eigenvalue weighted by Crippen LogP contribution is -2.05. The Morgan fingerprint density at radius 3 is 1.57 bits per heavy atom. The van der Waals surface area contributed by atoms with Gasteiger partial charge < -0.3 is 15.4 Å². The fourth-order valence-electron chi connectivity index (χ4n) is 5.00. The fourth-order valence-corrected chi connectivity index (χ4v) is 7.07. The molecule has 0 aliphatic heterocycles. The van der Waals surface area contributed by atoms with E-state index in [2.05, 4.69) is 36.1 Å². The van der Waals surface area contributed by atoms with Gasteiger partial charge in [-0.05, 0) is 92.2 Å². The molecule has 1 aromatic heterocycles. The smallest absolute Gasteiger partial charge is 0.296 e. The number of methoxy groups -OCH3 is 1. The Bertz CT molecular complexity index is 3010. The van der Waals surface area contributed by atoms with Gasteiger partial charge in [0.2, 0.25) is 0 Å². The van der Waals surface area contributed by atoms with E-state index in [1.165, 1.54) is 50.4 Å². The van der Waals surface area contributed by atoms with Crippen molar-refractivity contribution in [2.45, 2.75) is 33.4 Å². The molecule has 5 aromatic rings. The Hall–Kier alpha value is -6.24. The van der Waals surface area contributed by atoms with Crippen molar-refractivity contribution in [3.63, 3.8) is 0 Å².